The van der Waals surface area contributed by atoms with Crippen molar-refractivity contribution < 1.29 is 13.2 Å². The topological polar surface area (TPSA) is 49.8 Å². The first kappa shape index (κ1) is 17.8. The van der Waals surface area contributed by atoms with Crippen LogP contribution < -0.4 is 5.73 Å². The summed E-state index contributed by atoms with van der Waals surface area (Å²) in [5.74, 6) is -0.805. The molecule has 120 valence electrons. The molecule has 0 fully saturated rings. The Kier molecular flexibility index (Phi) is 5.35. The Labute approximate surface area is 145 Å². The van der Waals surface area contributed by atoms with Crippen LogP contribution in [0.2, 0.25) is 10.0 Å². The van der Waals surface area contributed by atoms with Gasteiger partial charge in [0.15, 0.2) is 0 Å². The maximum absolute atomic E-state index is 12.3. The molecular formula is C15H9Cl2F3N2S. The summed E-state index contributed by atoms with van der Waals surface area (Å²) in [6.07, 6.45) is 0. The van der Waals surface area contributed by atoms with Gasteiger partial charge in [0.25, 0.3) is 0 Å². The molecule has 0 aliphatic rings. The zero-order valence-electron chi connectivity index (χ0n) is 11.4. The van der Waals surface area contributed by atoms with Crippen LogP contribution in [0.4, 0.5) is 18.9 Å². The maximum Gasteiger partial charge on any atom is 0.446 e. The average molecular weight is 377 g/mol. The fourth-order valence-electron chi connectivity index (χ4n) is 2.05. The number of rotatable bonds is 3. The lowest BCUT2D eigenvalue weighted by atomic mass is 9.92. The number of halogens is 5. The van der Waals surface area contributed by atoms with E-state index in [4.69, 9.17) is 28.9 Å². The molecule has 0 aliphatic carbocycles. The molecule has 0 radical (unpaired) electrons. The smallest absolute Gasteiger partial charge is 0.399 e. The van der Waals surface area contributed by atoms with Crippen molar-refractivity contribution in [1.82, 2.24) is 0 Å². The Hall–Kier alpha value is -1.55. The fourth-order valence-corrected chi connectivity index (χ4v) is 3.31. The summed E-state index contributed by atoms with van der Waals surface area (Å²) >= 11 is 12.0. The molecule has 23 heavy (non-hydrogen) atoms. The standard InChI is InChI=1S/C15H9Cl2F3N2S/c16-12-5-9(22)6-13(17)14(12)11(7-21)8-1-3-10(4-2-8)23-15(18,19)20/h1-6,11H,22H2. The van der Waals surface area contributed by atoms with Crippen molar-refractivity contribution in [2.75, 3.05) is 5.73 Å². The van der Waals surface area contributed by atoms with Gasteiger partial charge in [0.1, 0.15) is 0 Å². The zero-order valence-corrected chi connectivity index (χ0v) is 13.7. The van der Waals surface area contributed by atoms with Gasteiger partial charge in [-0.1, -0.05) is 35.3 Å². The van der Waals surface area contributed by atoms with Crippen LogP contribution in [0.25, 0.3) is 0 Å². The van der Waals surface area contributed by atoms with Crippen molar-refractivity contribution in [2.24, 2.45) is 0 Å². The minimum absolute atomic E-state index is 0.0347. The summed E-state index contributed by atoms with van der Waals surface area (Å²) in [6, 6.07) is 10.5. The number of nitrogen functional groups attached to an aromatic ring is 1. The molecule has 8 heteroatoms. The van der Waals surface area contributed by atoms with E-state index >= 15 is 0 Å². The summed E-state index contributed by atoms with van der Waals surface area (Å²) in [4.78, 5) is 0.0347. The fraction of sp³-hybridized carbons (Fsp3) is 0.133. The molecule has 2 nitrogen and oxygen atoms in total. The van der Waals surface area contributed by atoms with E-state index in [0.29, 0.717) is 16.8 Å². The second-order valence-electron chi connectivity index (χ2n) is 4.58. The number of thioether (sulfide) groups is 1. The van der Waals surface area contributed by atoms with Crippen molar-refractivity contribution >= 4 is 40.7 Å². The second-order valence-corrected chi connectivity index (χ2v) is 6.53. The summed E-state index contributed by atoms with van der Waals surface area (Å²) in [6.45, 7) is 0. The Balaban J connectivity index is 2.38. The van der Waals surface area contributed by atoms with Crippen molar-refractivity contribution in [2.45, 2.75) is 16.3 Å². The molecule has 0 saturated carbocycles. The third-order valence-electron chi connectivity index (χ3n) is 2.97. The number of hydrogen-bond acceptors (Lipinski definition) is 3. The van der Waals surface area contributed by atoms with Crippen LogP contribution in [0.1, 0.15) is 17.0 Å². The van der Waals surface area contributed by atoms with E-state index in [1.165, 1.54) is 36.4 Å². The van der Waals surface area contributed by atoms with Crippen LogP contribution in [-0.4, -0.2) is 5.51 Å². The van der Waals surface area contributed by atoms with Crippen LogP contribution in [0, 0.1) is 11.3 Å². The highest BCUT2D eigenvalue weighted by atomic mass is 35.5. The van der Waals surface area contributed by atoms with Crippen molar-refractivity contribution in [1.29, 1.82) is 5.26 Å². The van der Waals surface area contributed by atoms with E-state index in [1.807, 2.05) is 0 Å². The van der Waals surface area contributed by atoms with E-state index in [1.54, 1.807) is 0 Å². The highest BCUT2D eigenvalue weighted by Crippen LogP contribution is 2.39. The number of nitriles is 1. The predicted octanol–water partition coefficient (Wildman–Crippen LogP) is 5.84. The summed E-state index contributed by atoms with van der Waals surface area (Å²) in [5, 5.41) is 9.89. The molecular weight excluding hydrogens is 368 g/mol. The predicted molar refractivity (Wildman–Crippen MR) is 86.7 cm³/mol. The van der Waals surface area contributed by atoms with Gasteiger partial charge in [-0.2, -0.15) is 18.4 Å². The first-order valence-corrected chi connectivity index (χ1v) is 7.78. The van der Waals surface area contributed by atoms with E-state index in [2.05, 4.69) is 6.07 Å². The lowest BCUT2D eigenvalue weighted by Crippen LogP contribution is -2.02. The Morgan fingerprint density at radius 2 is 1.61 bits per heavy atom. The quantitative estimate of drug-likeness (QED) is 0.540. The van der Waals surface area contributed by atoms with Crippen LogP contribution >= 0.6 is 35.0 Å². The molecule has 0 heterocycles. The Morgan fingerprint density at radius 1 is 1.09 bits per heavy atom. The van der Waals surface area contributed by atoms with Crippen molar-refractivity contribution in [3.8, 4) is 6.07 Å². The number of anilines is 1. The molecule has 0 aromatic heterocycles. The molecule has 0 saturated heterocycles. The lowest BCUT2D eigenvalue weighted by molar-refractivity contribution is -0.0328. The van der Waals surface area contributed by atoms with Gasteiger partial charge in [-0.3, -0.25) is 0 Å². The molecule has 2 aromatic carbocycles. The summed E-state index contributed by atoms with van der Waals surface area (Å²) < 4.78 is 37.0. The van der Waals surface area contributed by atoms with Gasteiger partial charge in [-0.15, -0.1) is 0 Å². The van der Waals surface area contributed by atoms with Gasteiger partial charge in [0.2, 0.25) is 0 Å². The van der Waals surface area contributed by atoms with Crippen LogP contribution in [0.15, 0.2) is 41.3 Å². The Morgan fingerprint density at radius 3 is 2.04 bits per heavy atom. The van der Waals surface area contributed by atoms with Gasteiger partial charge < -0.3 is 5.73 Å². The minimum atomic E-state index is -4.36. The number of alkyl halides is 3. The number of nitrogens with two attached hydrogens (primary N) is 1. The third kappa shape index (κ3) is 4.47. The van der Waals surface area contributed by atoms with Crippen LogP contribution in [0.5, 0.6) is 0 Å². The second kappa shape index (κ2) is 6.91. The van der Waals surface area contributed by atoms with Crippen LogP contribution in [0.3, 0.4) is 0 Å². The molecule has 0 bridgehead atoms. The molecule has 0 amide bonds. The minimum Gasteiger partial charge on any atom is -0.399 e. The van der Waals surface area contributed by atoms with Gasteiger partial charge >= 0.3 is 5.51 Å². The monoisotopic (exact) mass is 376 g/mol. The largest absolute Gasteiger partial charge is 0.446 e. The normalized spacial score (nSPS) is 12.7. The molecule has 1 unspecified atom stereocenters. The van der Waals surface area contributed by atoms with E-state index in [9.17, 15) is 18.4 Å². The van der Waals surface area contributed by atoms with Gasteiger partial charge in [-0.05, 0) is 41.6 Å². The Bertz CT molecular complexity index is 732. The molecule has 1 atom stereocenters. The average Bonchev–Trinajstić information content (AvgIpc) is 2.42. The van der Waals surface area contributed by atoms with E-state index < -0.39 is 11.4 Å². The molecule has 0 spiro atoms. The highest BCUT2D eigenvalue weighted by Gasteiger charge is 2.29. The first-order chi connectivity index (χ1) is 10.7. The van der Waals surface area contributed by atoms with Gasteiger partial charge in [0.05, 0.1) is 12.0 Å². The lowest BCUT2D eigenvalue weighted by Gasteiger charge is -2.15. The summed E-state index contributed by atoms with van der Waals surface area (Å²) in [5.41, 5.74) is 2.49. The highest BCUT2D eigenvalue weighted by molar-refractivity contribution is 8.00. The summed E-state index contributed by atoms with van der Waals surface area (Å²) in [7, 11) is 0. The number of benzene rings is 2. The first-order valence-electron chi connectivity index (χ1n) is 6.21. The molecule has 2 aromatic rings. The van der Waals surface area contributed by atoms with E-state index in [-0.39, 0.29) is 26.7 Å². The van der Waals surface area contributed by atoms with Gasteiger partial charge in [0, 0.05) is 26.2 Å². The van der Waals surface area contributed by atoms with Crippen LogP contribution in [-0.2, 0) is 0 Å². The SMILES string of the molecule is N#CC(c1ccc(SC(F)(F)F)cc1)c1c(Cl)cc(N)cc1Cl. The van der Waals surface area contributed by atoms with Crippen molar-refractivity contribution in [3.05, 3.63) is 57.6 Å². The molecule has 2 N–H and O–H groups in total. The molecule has 2 rings (SSSR count). The zero-order chi connectivity index (χ0) is 17.2. The third-order valence-corrected chi connectivity index (χ3v) is 4.33. The number of nitrogens with zero attached hydrogens (tertiary/aromatic N) is 1. The van der Waals surface area contributed by atoms with Crippen molar-refractivity contribution in [3.63, 3.8) is 0 Å². The maximum atomic E-state index is 12.3. The van der Waals surface area contributed by atoms with Gasteiger partial charge in [-0.25, -0.2) is 0 Å². The number of hydrogen-bond donors (Lipinski definition) is 1. The van der Waals surface area contributed by atoms with E-state index in [0.717, 1.165) is 0 Å². The molecule has 0 aliphatic heterocycles.